The molecule has 1 saturated heterocycles. The molecule has 0 spiro atoms. The minimum Gasteiger partial charge on any atom is -0.493 e. The second-order valence-electron chi connectivity index (χ2n) is 11.2. The van der Waals surface area contributed by atoms with Crippen molar-refractivity contribution < 1.29 is 14.3 Å². The number of nitrogens with zero attached hydrogens (tertiary/aromatic N) is 2. The number of amides is 1. The van der Waals surface area contributed by atoms with E-state index in [0.717, 1.165) is 40.8 Å². The molecule has 4 aromatic carbocycles. The van der Waals surface area contributed by atoms with Crippen molar-refractivity contribution in [2.75, 3.05) is 32.2 Å². The number of thioether (sulfide) groups is 1. The monoisotopic (exact) mass is 713 g/mol. The molecule has 0 unspecified atom stereocenters. The maximum absolute atomic E-state index is 13.1. The van der Waals surface area contributed by atoms with Gasteiger partial charge in [0, 0.05) is 30.6 Å². The van der Waals surface area contributed by atoms with Gasteiger partial charge in [-0.1, -0.05) is 60.7 Å². The topological polar surface area (TPSA) is 63.2 Å². The summed E-state index contributed by atoms with van der Waals surface area (Å²) in [5, 5.41) is 3.59. The normalized spacial score (nSPS) is 20.9. The van der Waals surface area contributed by atoms with E-state index in [-0.39, 0.29) is 5.91 Å². The standard InChI is InChI=1S/C36H32IN3O3S/c1-42-31-18-22(17-30(37)34(31)43-2)19-32-35(41)39-36(44-32)38-25-20-28-26(23-9-5-3-6-10-23)13-15-40-16-14-27(29(21-25)33(28)40)24-11-7-4-8-12-24/h3-12,17-21,26-27H,13-16H2,1-2H3,(H,38,39,41)/b32-19-/t26-,27-/m1/s1. The quantitative estimate of drug-likeness (QED) is 0.162. The Morgan fingerprint density at radius 1 is 0.886 bits per heavy atom. The molecule has 3 aliphatic heterocycles. The molecule has 1 fully saturated rings. The molecule has 1 amide bonds. The van der Waals surface area contributed by atoms with E-state index in [1.165, 1.54) is 39.7 Å². The number of hydrogen-bond acceptors (Lipinski definition) is 6. The van der Waals surface area contributed by atoms with Gasteiger partial charge in [0.15, 0.2) is 16.7 Å². The smallest absolute Gasteiger partial charge is 0.264 e. The first kappa shape index (κ1) is 29.0. The van der Waals surface area contributed by atoms with Crippen molar-refractivity contribution in [1.82, 2.24) is 5.32 Å². The van der Waals surface area contributed by atoms with Crippen LogP contribution in [-0.4, -0.2) is 38.4 Å². The van der Waals surface area contributed by atoms with Crippen LogP contribution < -0.4 is 19.7 Å². The summed E-state index contributed by atoms with van der Waals surface area (Å²) >= 11 is 3.58. The molecule has 4 aromatic rings. The lowest BCUT2D eigenvalue weighted by atomic mass is 9.76. The molecule has 222 valence electrons. The summed E-state index contributed by atoms with van der Waals surface area (Å²) in [6.07, 6.45) is 4.00. The van der Waals surface area contributed by atoms with E-state index in [0.29, 0.717) is 33.4 Å². The molecule has 2 atom stereocenters. The predicted molar refractivity (Wildman–Crippen MR) is 188 cm³/mol. The Bertz CT molecular complexity index is 1720. The van der Waals surface area contributed by atoms with Crippen molar-refractivity contribution in [1.29, 1.82) is 0 Å². The summed E-state index contributed by atoms with van der Waals surface area (Å²) in [4.78, 5) is 21.3. The van der Waals surface area contributed by atoms with Gasteiger partial charge in [0.05, 0.1) is 28.4 Å². The van der Waals surface area contributed by atoms with E-state index in [9.17, 15) is 4.79 Å². The highest BCUT2D eigenvalue weighted by Gasteiger charge is 2.35. The largest absolute Gasteiger partial charge is 0.493 e. The van der Waals surface area contributed by atoms with Crippen LogP contribution in [0.3, 0.4) is 0 Å². The summed E-state index contributed by atoms with van der Waals surface area (Å²) < 4.78 is 11.9. The molecule has 44 heavy (non-hydrogen) atoms. The SMILES string of the molecule is COc1cc(/C=C2\SC(=Nc3cc4c5c(c3)[C@@H](c3ccccc3)CCN5CC[C@@H]4c3ccccc3)NC2=O)cc(I)c1OC. The van der Waals surface area contributed by atoms with Crippen molar-refractivity contribution in [2.24, 2.45) is 4.99 Å². The predicted octanol–water partition coefficient (Wildman–Crippen LogP) is 8.08. The third-order valence-corrected chi connectivity index (χ3v) is 10.3. The molecule has 0 aliphatic carbocycles. The van der Waals surface area contributed by atoms with Crippen molar-refractivity contribution in [2.45, 2.75) is 24.7 Å². The van der Waals surface area contributed by atoms with Gasteiger partial charge in [-0.3, -0.25) is 4.79 Å². The lowest BCUT2D eigenvalue weighted by molar-refractivity contribution is -0.115. The molecule has 1 N–H and O–H groups in total. The first-order valence-electron chi connectivity index (χ1n) is 14.8. The van der Waals surface area contributed by atoms with Crippen LogP contribution in [0.25, 0.3) is 6.08 Å². The molecule has 0 aromatic heterocycles. The second kappa shape index (κ2) is 12.3. The number of benzene rings is 4. The summed E-state index contributed by atoms with van der Waals surface area (Å²) in [6, 6.07) is 30.0. The Balaban J connectivity index is 1.29. The molecule has 0 saturated carbocycles. The number of carbonyl (C=O) groups excluding carboxylic acids is 1. The molecule has 7 rings (SSSR count). The zero-order chi connectivity index (χ0) is 30.2. The Morgan fingerprint density at radius 3 is 2.07 bits per heavy atom. The van der Waals surface area contributed by atoms with E-state index in [2.05, 4.69) is 106 Å². The van der Waals surface area contributed by atoms with Crippen LogP contribution in [0.1, 0.15) is 52.5 Å². The third kappa shape index (κ3) is 5.49. The summed E-state index contributed by atoms with van der Waals surface area (Å²) in [5.74, 6) is 1.74. The third-order valence-electron chi connectivity index (χ3n) is 8.64. The maximum atomic E-state index is 13.1. The molecule has 8 heteroatoms. The Labute approximate surface area is 275 Å². The Morgan fingerprint density at radius 2 is 1.50 bits per heavy atom. The average molecular weight is 714 g/mol. The fourth-order valence-electron chi connectivity index (χ4n) is 6.67. The van der Waals surface area contributed by atoms with Gasteiger partial charge in [-0.15, -0.1) is 0 Å². The van der Waals surface area contributed by atoms with Crippen LogP contribution in [-0.2, 0) is 4.79 Å². The van der Waals surface area contributed by atoms with E-state index in [1.54, 1.807) is 14.2 Å². The zero-order valence-corrected chi connectivity index (χ0v) is 27.5. The van der Waals surface area contributed by atoms with Gasteiger partial charge in [0.2, 0.25) is 0 Å². The lowest BCUT2D eigenvalue weighted by Crippen LogP contribution is -2.37. The molecular formula is C36H32IN3O3S. The number of hydrogen-bond donors (Lipinski definition) is 1. The van der Waals surface area contributed by atoms with Gasteiger partial charge in [0.1, 0.15) is 0 Å². The van der Waals surface area contributed by atoms with Crippen LogP contribution in [0.4, 0.5) is 11.4 Å². The molecular weight excluding hydrogens is 681 g/mol. The van der Waals surface area contributed by atoms with Gasteiger partial charge in [-0.2, -0.15) is 0 Å². The van der Waals surface area contributed by atoms with E-state index in [1.807, 2.05) is 18.2 Å². The van der Waals surface area contributed by atoms with Gasteiger partial charge in [0.25, 0.3) is 5.91 Å². The van der Waals surface area contributed by atoms with Gasteiger partial charge in [-0.25, -0.2) is 4.99 Å². The molecule has 3 aliphatic rings. The molecule has 0 radical (unpaired) electrons. The van der Waals surface area contributed by atoms with Crippen LogP contribution in [0.5, 0.6) is 11.5 Å². The van der Waals surface area contributed by atoms with Gasteiger partial charge in [-0.05, 0) is 105 Å². The highest BCUT2D eigenvalue weighted by molar-refractivity contribution is 14.1. The number of nitrogens with one attached hydrogen (secondary N) is 1. The number of ether oxygens (including phenoxy) is 2. The lowest BCUT2D eigenvalue weighted by Gasteiger charge is -2.43. The summed E-state index contributed by atoms with van der Waals surface area (Å²) in [7, 11) is 3.24. The number of methoxy groups -OCH3 is 2. The van der Waals surface area contributed by atoms with Gasteiger partial charge < -0.3 is 19.7 Å². The Kier molecular flexibility index (Phi) is 8.12. The van der Waals surface area contributed by atoms with Gasteiger partial charge >= 0.3 is 0 Å². The second-order valence-corrected chi connectivity index (χ2v) is 13.4. The fraction of sp³-hybridized carbons (Fsp3) is 0.222. The molecule has 3 heterocycles. The van der Waals surface area contributed by atoms with E-state index < -0.39 is 0 Å². The average Bonchev–Trinajstić information content (AvgIpc) is 3.39. The fourth-order valence-corrected chi connectivity index (χ4v) is 8.36. The molecule has 6 nitrogen and oxygen atoms in total. The highest BCUT2D eigenvalue weighted by atomic mass is 127. The van der Waals surface area contributed by atoms with Crippen molar-refractivity contribution >= 4 is 62.9 Å². The van der Waals surface area contributed by atoms with Crippen LogP contribution in [0.2, 0.25) is 0 Å². The van der Waals surface area contributed by atoms with Crippen molar-refractivity contribution in [3.05, 3.63) is 121 Å². The van der Waals surface area contributed by atoms with Crippen LogP contribution >= 0.6 is 34.4 Å². The van der Waals surface area contributed by atoms with Crippen LogP contribution in [0.15, 0.2) is 94.8 Å². The number of aliphatic imine (C=N–C) groups is 1. The van der Waals surface area contributed by atoms with E-state index in [4.69, 9.17) is 14.5 Å². The summed E-state index contributed by atoms with van der Waals surface area (Å²) in [5.41, 5.74) is 8.41. The van der Waals surface area contributed by atoms with Crippen LogP contribution in [0, 0.1) is 3.57 Å². The number of carbonyl (C=O) groups is 1. The minimum atomic E-state index is -0.159. The highest BCUT2D eigenvalue weighted by Crippen LogP contribution is 2.50. The number of anilines is 1. The van der Waals surface area contributed by atoms with E-state index >= 15 is 0 Å². The maximum Gasteiger partial charge on any atom is 0.264 e. The summed E-state index contributed by atoms with van der Waals surface area (Å²) in [6.45, 7) is 2.09. The molecule has 0 bridgehead atoms. The first-order valence-corrected chi connectivity index (χ1v) is 16.7. The minimum absolute atomic E-state index is 0.159. The number of rotatable bonds is 6. The van der Waals surface area contributed by atoms with Crippen molar-refractivity contribution in [3.63, 3.8) is 0 Å². The zero-order valence-electron chi connectivity index (χ0n) is 24.5. The van der Waals surface area contributed by atoms with Crippen molar-refractivity contribution in [3.8, 4) is 11.5 Å². The first-order chi connectivity index (χ1) is 21.5. The Hall–Kier alpha value is -3.76. The number of amidine groups is 1. The number of halogens is 1.